The summed E-state index contributed by atoms with van der Waals surface area (Å²) in [6, 6.07) is 9.53. The molecule has 0 amide bonds. The first-order chi connectivity index (χ1) is 13.4. The highest BCUT2D eigenvalue weighted by molar-refractivity contribution is 7.90. The van der Waals surface area contributed by atoms with E-state index >= 15 is 0 Å². The summed E-state index contributed by atoms with van der Waals surface area (Å²) in [7, 11) is -2.44. The molecule has 1 N–H and O–H groups in total. The van der Waals surface area contributed by atoms with Crippen molar-refractivity contribution in [1.29, 1.82) is 0 Å². The zero-order chi connectivity index (χ0) is 19.9. The number of halogens is 1. The topological polar surface area (TPSA) is 116 Å². The normalized spacial score (nSPS) is 11.7. The number of H-pyrrole nitrogens is 1. The average Bonchev–Trinajstić information content (AvgIpc) is 3.40. The molecule has 9 nitrogen and oxygen atoms in total. The van der Waals surface area contributed by atoms with E-state index in [2.05, 4.69) is 20.6 Å². The molecule has 0 aliphatic carbocycles. The molecule has 4 rings (SSSR count). The van der Waals surface area contributed by atoms with Gasteiger partial charge in [0.25, 0.3) is 10.0 Å². The van der Waals surface area contributed by atoms with Crippen LogP contribution in [0.15, 0.2) is 51.9 Å². The van der Waals surface area contributed by atoms with Gasteiger partial charge in [-0.2, -0.15) is 0 Å². The predicted octanol–water partition coefficient (Wildman–Crippen LogP) is 3.14. The number of aromatic nitrogens is 5. The van der Waals surface area contributed by atoms with E-state index in [0.717, 1.165) is 9.54 Å². The van der Waals surface area contributed by atoms with Gasteiger partial charge in [0.2, 0.25) is 11.6 Å². The van der Waals surface area contributed by atoms with Crippen LogP contribution in [0.3, 0.4) is 0 Å². The lowest BCUT2D eigenvalue weighted by molar-refractivity contribution is 0.409. The number of nitrogens with one attached hydrogen (secondary N) is 1. The van der Waals surface area contributed by atoms with Gasteiger partial charge in [0, 0.05) is 12.3 Å². The Kier molecular flexibility index (Phi) is 4.44. The molecule has 0 radical (unpaired) electrons. The minimum Gasteiger partial charge on any atom is -0.493 e. The van der Waals surface area contributed by atoms with Gasteiger partial charge in [0.1, 0.15) is 5.69 Å². The lowest BCUT2D eigenvalue weighted by atomic mass is 10.2. The number of furan rings is 1. The van der Waals surface area contributed by atoms with Gasteiger partial charge in [-0.15, -0.1) is 5.10 Å². The van der Waals surface area contributed by atoms with Crippen LogP contribution in [0, 0.1) is 6.92 Å². The molecular weight excluding hydrogens is 406 g/mol. The van der Waals surface area contributed by atoms with Crippen molar-refractivity contribution >= 4 is 21.6 Å². The molecule has 0 unspecified atom stereocenters. The largest absolute Gasteiger partial charge is 0.493 e. The first-order valence-electron chi connectivity index (χ1n) is 8.03. The van der Waals surface area contributed by atoms with Crippen LogP contribution in [0.4, 0.5) is 0 Å². The van der Waals surface area contributed by atoms with Crippen LogP contribution in [0.2, 0.25) is 5.02 Å². The Bertz CT molecular complexity index is 1230. The molecule has 3 aromatic heterocycles. The minimum absolute atomic E-state index is 0.129. The minimum atomic E-state index is -3.89. The zero-order valence-electron chi connectivity index (χ0n) is 14.7. The fourth-order valence-electron chi connectivity index (χ4n) is 2.71. The van der Waals surface area contributed by atoms with E-state index in [4.69, 9.17) is 20.8 Å². The monoisotopic (exact) mass is 419 g/mol. The molecule has 0 fully saturated rings. The van der Waals surface area contributed by atoms with Gasteiger partial charge in [0.15, 0.2) is 11.5 Å². The number of tetrazole rings is 1. The number of ether oxygens (including phenoxy) is 1. The Morgan fingerprint density at radius 3 is 2.61 bits per heavy atom. The molecule has 0 spiro atoms. The Hall–Kier alpha value is -3.11. The number of aromatic amines is 1. The molecule has 28 heavy (non-hydrogen) atoms. The summed E-state index contributed by atoms with van der Waals surface area (Å²) in [5, 5.41) is 13.6. The first kappa shape index (κ1) is 18.3. The number of nitrogens with zero attached hydrogens (tertiary/aromatic N) is 4. The number of hydrogen-bond acceptors (Lipinski definition) is 7. The van der Waals surface area contributed by atoms with E-state index in [0.29, 0.717) is 5.75 Å². The molecule has 4 aromatic rings. The summed E-state index contributed by atoms with van der Waals surface area (Å²) >= 11 is 6.29. The van der Waals surface area contributed by atoms with Gasteiger partial charge in [-0.25, -0.2) is 17.5 Å². The number of methoxy groups -OCH3 is 1. The number of benzene rings is 1. The van der Waals surface area contributed by atoms with Crippen LogP contribution in [-0.4, -0.2) is 40.1 Å². The highest BCUT2D eigenvalue weighted by Gasteiger charge is 2.27. The summed E-state index contributed by atoms with van der Waals surface area (Å²) in [5.74, 6) is 0.969. The zero-order valence-corrected chi connectivity index (χ0v) is 16.3. The summed E-state index contributed by atoms with van der Waals surface area (Å²) in [4.78, 5) is 0.129. The molecule has 0 aliphatic rings. The summed E-state index contributed by atoms with van der Waals surface area (Å²) in [5.41, 5.74) is 1.12. The highest BCUT2D eigenvalue weighted by Crippen LogP contribution is 2.40. The standard InChI is InChI=1S/C17H14ClN5O4S/c1-10-3-5-11(6-4-10)28(24,25)23-8-7-12(18)15(23)13-9-14(26-2)16(27-13)17-19-21-22-20-17/h3-9H,1-2H3,(H,19,20,21,22). The van der Waals surface area contributed by atoms with E-state index in [1.54, 1.807) is 12.1 Å². The molecule has 3 heterocycles. The van der Waals surface area contributed by atoms with Gasteiger partial charge in [-0.1, -0.05) is 29.3 Å². The quantitative estimate of drug-likeness (QED) is 0.528. The van der Waals surface area contributed by atoms with Crippen LogP contribution in [0.5, 0.6) is 5.75 Å². The Labute approximate surface area is 164 Å². The summed E-state index contributed by atoms with van der Waals surface area (Å²) in [6.07, 6.45) is 1.37. The summed E-state index contributed by atoms with van der Waals surface area (Å²) < 4.78 is 38.4. The van der Waals surface area contributed by atoms with Crippen molar-refractivity contribution in [2.45, 2.75) is 11.8 Å². The van der Waals surface area contributed by atoms with Crippen molar-refractivity contribution in [2.75, 3.05) is 7.11 Å². The van der Waals surface area contributed by atoms with E-state index in [1.807, 2.05) is 6.92 Å². The van der Waals surface area contributed by atoms with E-state index in [-0.39, 0.29) is 33.0 Å². The van der Waals surface area contributed by atoms with E-state index in [9.17, 15) is 8.42 Å². The number of rotatable bonds is 5. The fraction of sp³-hybridized carbons (Fsp3) is 0.118. The Balaban J connectivity index is 1.87. The molecule has 0 atom stereocenters. The summed E-state index contributed by atoms with van der Waals surface area (Å²) in [6.45, 7) is 1.88. The molecule has 0 saturated heterocycles. The van der Waals surface area contributed by atoms with E-state index in [1.165, 1.54) is 37.6 Å². The third-order valence-electron chi connectivity index (χ3n) is 4.09. The van der Waals surface area contributed by atoms with Gasteiger partial charge in [-0.05, 0) is 35.5 Å². The second-order valence-corrected chi connectivity index (χ2v) is 8.11. The Morgan fingerprint density at radius 1 is 1.21 bits per heavy atom. The van der Waals surface area contributed by atoms with Crippen LogP contribution in [-0.2, 0) is 10.0 Å². The molecule has 0 bridgehead atoms. The van der Waals surface area contributed by atoms with Crippen molar-refractivity contribution < 1.29 is 17.6 Å². The highest BCUT2D eigenvalue weighted by atomic mass is 35.5. The maximum absolute atomic E-state index is 13.1. The molecular formula is C17H14ClN5O4S. The maximum Gasteiger partial charge on any atom is 0.268 e. The molecule has 1 aromatic carbocycles. The lowest BCUT2D eigenvalue weighted by Crippen LogP contribution is -2.13. The average molecular weight is 420 g/mol. The third kappa shape index (κ3) is 2.96. The van der Waals surface area contributed by atoms with Crippen LogP contribution in [0.25, 0.3) is 23.0 Å². The maximum atomic E-state index is 13.1. The van der Waals surface area contributed by atoms with Crippen molar-refractivity contribution in [3.05, 3.63) is 53.2 Å². The smallest absolute Gasteiger partial charge is 0.268 e. The number of aryl methyl sites for hydroxylation is 1. The SMILES string of the molecule is COc1cc(-c2c(Cl)ccn2S(=O)(=O)c2ccc(C)cc2)oc1-c1nnn[nH]1. The first-order valence-corrected chi connectivity index (χ1v) is 9.85. The van der Waals surface area contributed by atoms with Crippen LogP contribution >= 0.6 is 11.6 Å². The van der Waals surface area contributed by atoms with Crippen LogP contribution < -0.4 is 4.74 Å². The molecule has 11 heteroatoms. The molecule has 0 saturated carbocycles. The van der Waals surface area contributed by atoms with Crippen molar-refractivity contribution in [2.24, 2.45) is 0 Å². The second-order valence-electron chi connectivity index (χ2n) is 5.88. The van der Waals surface area contributed by atoms with Gasteiger partial charge in [0.05, 0.1) is 17.0 Å². The molecule has 0 aliphatic heterocycles. The predicted molar refractivity (Wildman–Crippen MR) is 101 cm³/mol. The number of hydrogen-bond donors (Lipinski definition) is 1. The lowest BCUT2D eigenvalue weighted by Gasteiger charge is -2.10. The van der Waals surface area contributed by atoms with Crippen molar-refractivity contribution in [3.63, 3.8) is 0 Å². The van der Waals surface area contributed by atoms with Crippen molar-refractivity contribution in [1.82, 2.24) is 24.6 Å². The van der Waals surface area contributed by atoms with Crippen LogP contribution in [0.1, 0.15) is 5.56 Å². The van der Waals surface area contributed by atoms with Crippen molar-refractivity contribution in [3.8, 4) is 28.8 Å². The second kappa shape index (κ2) is 6.80. The molecule has 144 valence electrons. The third-order valence-corrected chi connectivity index (χ3v) is 6.09. The fourth-order valence-corrected chi connectivity index (χ4v) is 4.35. The van der Waals surface area contributed by atoms with Gasteiger partial charge < -0.3 is 9.15 Å². The van der Waals surface area contributed by atoms with E-state index < -0.39 is 10.0 Å². The Morgan fingerprint density at radius 2 is 1.96 bits per heavy atom. The van der Waals surface area contributed by atoms with Gasteiger partial charge >= 0.3 is 0 Å². The van der Waals surface area contributed by atoms with Gasteiger partial charge in [-0.3, -0.25) is 0 Å².